The molecule has 1 amide bonds. The van der Waals surface area contributed by atoms with Crippen molar-refractivity contribution in [2.75, 3.05) is 13.6 Å². The van der Waals surface area contributed by atoms with Crippen LogP contribution in [0.3, 0.4) is 0 Å². The molecule has 2 aromatic rings. The largest absolute Gasteiger partial charge is 0.348 e. The Labute approximate surface area is 139 Å². The van der Waals surface area contributed by atoms with E-state index >= 15 is 0 Å². The Morgan fingerprint density at radius 2 is 1.65 bits per heavy atom. The molecule has 2 aromatic carbocycles. The van der Waals surface area contributed by atoms with Gasteiger partial charge in [0.25, 0.3) is 0 Å². The van der Waals surface area contributed by atoms with E-state index < -0.39 is 0 Å². The van der Waals surface area contributed by atoms with Crippen LogP contribution in [0.2, 0.25) is 0 Å². The first kappa shape index (κ1) is 17.2. The van der Waals surface area contributed by atoms with Crippen molar-refractivity contribution < 1.29 is 4.79 Å². The van der Waals surface area contributed by atoms with Gasteiger partial charge in [-0.2, -0.15) is 0 Å². The van der Waals surface area contributed by atoms with Crippen LogP contribution in [0.15, 0.2) is 54.6 Å². The molecular weight excluding hydrogens is 284 g/mol. The highest BCUT2D eigenvalue weighted by Gasteiger charge is 2.11. The van der Waals surface area contributed by atoms with Gasteiger partial charge in [-0.05, 0) is 37.1 Å². The Kier molecular flexibility index (Phi) is 6.36. The molecule has 0 spiro atoms. The van der Waals surface area contributed by atoms with E-state index in [-0.39, 0.29) is 11.9 Å². The predicted octanol–water partition coefficient (Wildman–Crippen LogP) is 3.56. The Morgan fingerprint density at radius 3 is 2.26 bits per heavy atom. The SMILES string of the molecule is CCc1ccc(CN(C)CC(=O)NC(C)c2ccccc2)cc1. The maximum atomic E-state index is 12.2. The molecule has 0 aliphatic rings. The monoisotopic (exact) mass is 310 g/mol. The zero-order valence-electron chi connectivity index (χ0n) is 14.3. The molecular formula is C20H26N2O. The molecule has 3 heteroatoms. The predicted molar refractivity (Wildman–Crippen MR) is 95.2 cm³/mol. The van der Waals surface area contributed by atoms with E-state index in [2.05, 4.69) is 36.5 Å². The number of likely N-dealkylation sites (N-methyl/N-ethyl adjacent to an activating group) is 1. The van der Waals surface area contributed by atoms with Crippen molar-refractivity contribution in [3.63, 3.8) is 0 Å². The van der Waals surface area contributed by atoms with Crippen molar-refractivity contribution >= 4 is 5.91 Å². The van der Waals surface area contributed by atoms with Crippen LogP contribution in [-0.2, 0) is 17.8 Å². The average molecular weight is 310 g/mol. The summed E-state index contributed by atoms with van der Waals surface area (Å²) >= 11 is 0. The molecule has 0 aliphatic heterocycles. The highest BCUT2D eigenvalue weighted by molar-refractivity contribution is 5.78. The van der Waals surface area contributed by atoms with Gasteiger partial charge in [-0.3, -0.25) is 9.69 Å². The minimum atomic E-state index is 0.0286. The molecule has 2 rings (SSSR count). The van der Waals surface area contributed by atoms with Crippen molar-refractivity contribution in [3.05, 3.63) is 71.3 Å². The van der Waals surface area contributed by atoms with Gasteiger partial charge in [0.1, 0.15) is 0 Å². The van der Waals surface area contributed by atoms with Gasteiger partial charge in [-0.15, -0.1) is 0 Å². The molecule has 0 heterocycles. The summed E-state index contributed by atoms with van der Waals surface area (Å²) in [6, 6.07) is 18.6. The fraction of sp³-hybridized carbons (Fsp3) is 0.350. The fourth-order valence-electron chi connectivity index (χ4n) is 2.61. The summed E-state index contributed by atoms with van der Waals surface area (Å²) in [4.78, 5) is 14.2. The zero-order chi connectivity index (χ0) is 16.7. The molecule has 0 aromatic heterocycles. The van der Waals surface area contributed by atoms with Gasteiger partial charge in [0.05, 0.1) is 12.6 Å². The smallest absolute Gasteiger partial charge is 0.234 e. The summed E-state index contributed by atoms with van der Waals surface area (Å²) in [6.45, 7) is 5.33. The second kappa shape index (κ2) is 8.49. The highest BCUT2D eigenvalue weighted by Crippen LogP contribution is 2.11. The lowest BCUT2D eigenvalue weighted by Crippen LogP contribution is -2.36. The van der Waals surface area contributed by atoms with Gasteiger partial charge >= 0.3 is 0 Å². The molecule has 1 atom stereocenters. The van der Waals surface area contributed by atoms with E-state index in [0.29, 0.717) is 6.54 Å². The zero-order valence-corrected chi connectivity index (χ0v) is 14.3. The van der Waals surface area contributed by atoms with Crippen LogP contribution in [0.1, 0.15) is 36.6 Å². The average Bonchev–Trinajstić information content (AvgIpc) is 2.56. The Bertz CT molecular complexity index is 607. The minimum absolute atomic E-state index is 0.0286. The molecule has 0 fully saturated rings. The number of hydrogen-bond donors (Lipinski definition) is 1. The number of rotatable bonds is 7. The molecule has 122 valence electrons. The van der Waals surface area contributed by atoms with E-state index in [4.69, 9.17) is 0 Å². The summed E-state index contributed by atoms with van der Waals surface area (Å²) < 4.78 is 0. The first-order valence-electron chi connectivity index (χ1n) is 8.19. The Balaban J connectivity index is 1.82. The van der Waals surface area contributed by atoms with Crippen molar-refractivity contribution in [2.24, 2.45) is 0 Å². The third-order valence-corrected chi connectivity index (χ3v) is 3.97. The molecule has 3 nitrogen and oxygen atoms in total. The number of carbonyl (C=O) groups is 1. The lowest BCUT2D eigenvalue weighted by Gasteiger charge is -2.19. The summed E-state index contributed by atoms with van der Waals surface area (Å²) in [6.07, 6.45) is 1.05. The second-order valence-corrected chi connectivity index (χ2v) is 6.04. The van der Waals surface area contributed by atoms with E-state index in [0.717, 1.165) is 18.5 Å². The van der Waals surface area contributed by atoms with E-state index in [1.54, 1.807) is 0 Å². The van der Waals surface area contributed by atoms with Crippen LogP contribution >= 0.6 is 0 Å². The normalized spacial score (nSPS) is 12.2. The number of carbonyl (C=O) groups excluding carboxylic acids is 1. The summed E-state index contributed by atoms with van der Waals surface area (Å²) in [7, 11) is 1.97. The lowest BCUT2D eigenvalue weighted by atomic mass is 10.1. The molecule has 0 saturated heterocycles. The lowest BCUT2D eigenvalue weighted by molar-refractivity contribution is -0.122. The molecule has 1 N–H and O–H groups in total. The van der Waals surface area contributed by atoms with E-state index in [1.807, 2.05) is 49.2 Å². The maximum absolute atomic E-state index is 12.2. The summed E-state index contributed by atoms with van der Waals surface area (Å²) in [5, 5.41) is 3.05. The van der Waals surface area contributed by atoms with Gasteiger partial charge in [0, 0.05) is 6.54 Å². The number of hydrogen-bond acceptors (Lipinski definition) is 2. The van der Waals surface area contributed by atoms with Crippen LogP contribution in [0.4, 0.5) is 0 Å². The molecule has 0 radical (unpaired) electrons. The number of nitrogens with one attached hydrogen (secondary N) is 1. The fourth-order valence-corrected chi connectivity index (χ4v) is 2.61. The maximum Gasteiger partial charge on any atom is 0.234 e. The van der Waals surface area contributed by atoms with Crippen LogP contribution in [0, 0.1) is 0 Å². The van der Waals surface area contributed by atoms with E-state index in [9.17, 15) is 4.79 Å². The number of nitrogens with zero attached hydrogens (tertiary/aromatic N) is 1. The summed E-state index contributed by atoms with van der Waals surface area (Å²) in [5.74, 6) is 0.0500. The quantitative estimate of drug-likeness (QED) is 0.848. The first-order chi connectivity index (χ1) is 11.1. The van der Waals surface area contributed by atoms with Crippen LogP contribution < -0.4 is 5.32 Å². The third kappa shape index (κ3) is 5.53. The first-order valence-corrected chi connectivity index (χ1v) is 8.19. The standard InChI is InChI=1S/C20H26N2O/c1-4-17-10-12-18(13-11-17)14-22(3)15-20(23)21-16(2)19-8-6-5-7-9-19/h5-13,16H,4,14-15H2,1-3H3,(H,21,23). The highest BCUT2D eigenvalue weighted by atomic mass is 16.2. The summed E-state index contributed by atoms with van der Waals surface area (Å²) in [5.41, 5.74) is 3.69. The molecule has 23 heavy (non-hydrogen) atoms. The van der Waals surface area contributed by atoms with Crippen LogP contribution in [0.25, 0.3) is 0 Å². The van der Waals surface area contributed by atoms with Crippen molar-refractivity contribution in [1.82, 2.24) is 10.2 Å². The topological polar surface area (TPSA) is 32.3 Å². The van der Waals surface area contributed by atoms with Gasteiger partial charge in [-0.1, -0.05) is 61.5 Å². The van der Waals surface area contributed by atoms with Crippen LogP contribution in [-0.4, -0.2) is 24.4 Å². The van der Waals surface area contributed by atoms with E-state index in [1.165, 1.54) is 11.1 Å². The third-order valence-electron chi connectivity index (χ3n) is 3.97. The van der Waals surface area contributed by atoms with Crippen LogP contribution in [0.5, 0.6) is 0 Å². The van der Waals surface area contributed by atoms with Crippen molar-refractivity contribution in [3.8, 4) is 0 Å². The van der Waals surface area contributed by atoms with Gasteiger partial charge in [-0.25, -0.2) is 0 Å². The van der Waals surface area contributed by atoms with Crippen molar-refractivity contribution in [1.29, 1.82) is 0 Å². The number of benzene rings is 2. The number of amides is 1. The molecule has 0 aliphatic carbocycles. The Hall–Kier alpha value is -2.13. The van der Waals surface area contributed by atoms with Gasteiger partial charge < -0.3 is 5.32 Å². The molecule has 0 saturated carbocycles. The van der Waals surface area contributed by atoms with Gasteiger partial charge in [0.15, 0.2) is 0 Å². The minimum Gasteiger partial charge on any atom is -0.348 e. The van der Waals surface area contributed by atoms with Gasteiger partial charge in [0.2, 0.25) is 5.91 Å². The second-order valence-electron chi connectivity index (χ2n) is 6.04. The molecule has 0 bridgehead atoms. The Morgan fingerprint density at radius 1 is 1.04 bits per heavy atom. The number of aryl methyl sites for hydroxylation is 1. The van der Waals surface area contributed by atoms with Crippen molar-refractivity contribution in [2.45, 2.75) is 32.9 Å². The molecule has 1 unspecified atom stereocenters.